The van der Waals surface area contributed by atoms with Crippen molar-refractivity contribution in [1.29, 1.82) is 0 Å². The third-order valence-electron chi connectivity index (χ3n) is 3.11. The molecule has 0 aliphatic rings. The quantitative estimate of drug-likeness (QED) is 0.890. The molecule has 2 rings (SSSR count). The number of hydrogen-bond acceptors (Lipinski definition) is 1. The maximum atomic E-state index is 12.8. The van der Waals surface area contributed by atoms with E-state index >= 15 is 0 Å². The molecule has 2 nitrogen and oxygen atoms in total. The lowest BCUT2D eigenvalue weighted by molar-refractivity contribution is -0.115. The van der Waals surface area contributed by atoms with Crippen LogP contribution in [0.5, 0.6) is 0 Å². The first-order valence-corrected chi connectivity index (χ1v) is 6.69. The largest absolute Gasteiger partial charge is 0.326 e. The van der Waals surface area contributed by atoms with Crippen molar-refractivity contribution in [2.45, 2.75) is 26.2 Å². The van der Waals surface area contributed by atoms with Crippen LogP contribution in [0.15, 0.2) is 48.5 Å². The fraction of sp³-hybridized carbons (Fsp3) is 0.235. The van der Waals surface area contributed by atoms with Gasteiger partial charge in [-0.15, -0.1) is 0 Å². The Morgan fingerprint density at radius 1 is 1.15 bits per heavy atom. The topological polar surface area (TPSA) is 29.1 Å². The van der Waals surface area contributed by atoms with Crippen molar-refractivity contribution in [3.8, 4) is 0 Å². The van der Waals surface area contributed by atoms with Crippen LogP contribution in [0.25, 0.3) is 0 Å². The molecule has 2 aromatic rings. The average molecular weight is 271 g/mol. The maximum Gasteiger partial charge on any atom is 0.228 e. The highest BCUT2D eigenvalue weighted by Crippen LogP contribution is 2.18. The second kappa shape index (κ2) is 6.33. The van der Waals surface area contributed by atoms with Crippen LogP contribution in [0.1, 0.15) is 30.9 Å². The second-order valence-electron chi connectivity index (χ2n) is 5.13. The normalized spacial score (nSPS) is 10.6. The van der Waals surface area contributed by atoms with E-state index in [1.165, 1.54) is 17.7 Å². The number of amides is 1. The molecule has 1 N–H and O–H groups in total. The van der Waals surface area contributed by atoms with E-state index < -0.39 is 0 Å². The summed E-state index contributed by atoms with van der Waals surface area (Å²) < 4.78 is 12.8. The number of rotatable bonds is 4. The summed E-state index contributed by atoms with van der Waals surface area (Å²) in [5.74, 6) is 0.0280. The van der Waals surface area contributed by atoms with Gasteiger partial charge < -0.3 is 5.32 Å². The second-order valence-corrected chi connectivity index (χ2v) is 5.13. The van der Waals surface area contributed by atoms with Crippen molar-refractivity contribution < 1.29 is 9.18 Å². The Labute approximate surface area is 118 Å². The van der Waals surface area contributed by atoms with Gasteiger partial charge in [0.1, 0.15) is 5.82 Å². The van der Waals surface area contributed by atoms with Crippen LogP contribution in [0.4, 0.5) is 10.1 Å². The van der Waals surface area contributed by atoms with E-state index in [9.17, 15) is 9.18 Å². The zero-order valence-corrected chi connectivity index (χ0v) is 11.7. The molecular weight excluding hydrogens is 253 g/mol. The van der Waals surface area contributed by atoms with Gasteiger partial charge in [-0.1, -0.05) is 38.1 Å². The van der Waals surface area contributed by atoms with Crippen LogP contribution in [0.2, 0.25) is 0 Å². The lowest BCUT2D eigenvalue weighted by Gasteiger charge is -2.09. The zero-order chi connectivity index (χ0) is 14.5. The minimum Gasteiger partial charge on any atom is -0.326 e. The third-order valence-corrected chi connectivity index (χ3v) is 3.11. The molecule has 0 aliphatic heterocycles. The molecule has 3 heteroatoms. The van der Waals surface area contributed by atoms with Gasteiger partial charge in [-0.2, -0.15) is 0 Å². The molecule has 1 amide bonds. The smallest absolute Gasteiger partial charge is 0.228 e. The monoisotopic (exact) mass is 271 g/mol. The van der Waals surface area contributed by atoms with E-state index in [4.69, 9.17) is 0 Å². The first-order chi connectivity index (χ1) is 9.54. The molecule has 0 spiro atoms. The molecule has 0 bridgehead atoms. The Hall–Kier alpha value is -2.16. The molecule has 0 saturated carbocycles. The predicted octanol–water partition coefficient (Wildman–Crippen LogP) is 4.13. The van der Waals surface area contributed by atoms with Gasteiger partial charge in [0.05, 0.1) is 6.42 Å². The van der Waals surface area contributed by atoms with Gasteiger partial charge in [0, 0.05) is 5.69 Å². The third kappa shape index (κ3) is 3.92. The molecule has 104 valence electrons. The van der Waals surface area contributed by atoms with Crippen LogP contribution >= 0.6 is 0 Å². The summed E-state index contributed by atoms with van der Waals surface area (Å²) in [5.41, 5.74) is 2.77. The van der Waals surface area contributed by atoms with Gasteiger partial charge in [0.15, 0.2) is 0 Å². The van der Waals surface area contributed by atoms with Crippen LogP contribution in [0.3, 0.4) is 0 Å². The van der Waals surface area contributed by atoms with Gasteiger partial charge in [-0.25, -0.2) is 4.39 Å². The highest BCUT2D eigenvalue weighted by Gasteiger charge is 2.06. The van der Waals surface area contributed by atoms with Gasteiger partial charge in [0.25, 0.3) is 0 Å². The number of anilines is 1. The van der Waals surface area contributed by atoms with Crippen LogP contribution in [-0.2, 0) is 11.2 Å². The molecule has 0 saturated heterocycles. The van der Waals surface area contributed by atoms with Gasteiger partial charge >= 0.3 is 0 Å². The minimum absolute atomic E-state index is 0.0995. The van der Waals surface area contributed by atoms with Crippen molar-refractivity contribution in [2.24, 2.45) is 0 Å². The molecule has 0 unspecified atom stereocenters. The number of carbonyl (C=O) groups is 1. The van der Waals surface area contributed by atoms with Gasteiger partial charge in [0.2, 0.25) is 5.91 Å². The SMILES string of the molecule is CC(C)c1cccc(NC(=O)Cc2ccc(F)cc2)c1. The molecule has 0 radical (unpaired) electrons. The molecule has 20 heavy (non-hydrogen) atoms. The molecular formula is C17H18FNO. The first kappa shape index (κ1) is 14.3. The molecule has 0 atom stereocenters. The van der Waals surface area contributed by atoms with Crippen molar-refractivity contribution in [2.75, 3.05) is 5.32 Å². The first-order valence-electron chi connectivity index (χ1n) is 6.69. The van der Waals surface area contributed by atoms with E-state index in [1.807, 2.05) is 24.3 Å². The van der Waals surface area contributed by atoms with Crippen LogP contribution in [-0.4, -0.2) is 5.91 Å². The van der Waals surface area contributed by atoms with Crippen LogP contribution < -0.4 is 5.32 Å². The Balaban J connectivity index is 2.01. The zero-order valence-electron chi connectivity index (χ0n) is 11.7. The predicted molar refractivity (Wildman–Crippen MR) is 79.3 cm³/mol. The summed E-state index contributed by atoms with van der Waals surface area (Å²) in [7, 11) is 0. The van der Waals surface area contributed by atoms with Crippen molar-refractivity contribution in [3.63, 3.8) is 0 Å². The fourth-order valence-corrected chi connectivity index (χ4v) is 1.97. The lowest BCUT2D eigenvalue weighted by atomic mass is 10.0. The highest BCUT2D eigenvalue weighted by molar-refractivity contribution is 5.92. The van der Waals surface area contributed by atoms with E-state index in [-0.39, 0.29) is 18.1 Å². The summed E-state index contributed by atoms with van der Waals surface area (Å²) in [6.45, 7) is 4.22. The number of hydrogen-bond donors (Lipinski definition) is 1. The Kier molecular flexibility index (Phi) is 4.51. The summed E-state index contributed by atoms with van der Waals surface area (Å²) in [6, 6.07) is 13.8. The Morgan fingerprint density at radius 3 is 2.50 bits per heavy atom. The summed E-state index contributed by atoms with van der Waals surface area (Å²) in [4.78, 5) is 11.9. The van der Waals surface area contributed by atoms with Crippen molar-refractivity contribution in [3.05, 3.63) is 65.5 Å². The summed E-state index contributed by atoms with van der Waals surface area (Å²) in [6.07, 6.45) is 0.242. The standard InChI is InChI=1S/C17H18FNO/c1-12(2)14-4-3-5-16(11-14)19-17(20)10-13-6-8-15(18)9-7-13/h3-9,11-12H,10H2,1-2H3,(H,19,20). The number of halogens is 1. The molecule has 0 aliphatic carbocycles. The fourth-order valence-electron chi connectivity index (χ4n) is 1.97. The van der Waals surface area contributed by atoms with Gasteiger partial charge in [-0.3, -0.25) is 4.79 Å². The molecule has 0 aromatic heterocycles. The Morgan fingerprint density at radius 2 is 1.85 bits per heavy atom. The summed E-state index contributed by atoms with van der Waals surface area (Å²) in [5, 5.41) is 2.87. The van der Waals surface area contributed by atoms with Crippen LogP contribution in [0, 0.1) is 5.82 Å². The highest BCUT2D eigenvalue weighted by atomic mass is 19.1. The molecule has 0 fully saturated rings. The number of nitrogens with one attached hydrogen (secondary N) is 1. The molecule has 0 heterocycles. The number of carbonyl (C=O) groups excluding carboxylic acids is 1. The van der Waals surface area contributed by atoms with E-state index in [1.54, 1.807) is 12.1 Å². The van der Waals surface area contributed by atoms with Crippen molar-refractivity contribution in [1.82, 2.24) is 0 Å². The molecule has 2 aromatic carbocycles. The summed E-state index contributed by atoms with van der Waals surface area (Å²) >= 11 is 0. The van der Waals surface area contributed by atoms with E-state index in [0.717, 1.165) is 11.3 Å². The minimum atomic E-state index is -0.293. The van der Waals surface area contributed by atoms with E-state index in [2.05, 4.69) is 19.2 Å². The number of benzene rings is 2. The Bertz CT molecular complexity index is 590. The maximum absolute atomic E-state index is 12.8. The van der Waals surface area contributed by atoms with E-state index in [0.29, 0.717) is 5.92 Å². The lowest BCUT2D eigenvalue weighted by Crippen LogP contribution is -2.14. The average Bonchev–Trinajstić information content (AvgIpc) is 2.41. The van der Waals surface area contributed by atoms with Gasteiger partial charge in [-0.05, 0) is 41.3 Å². The van der Waals surface area contributed by atoms with Crippen molar-refractivity contribution >= 4 is 11.6 Å².